The van der Waals surface area contributed by atoms with Crippen molar-refractivity contribution in [1.29, 1.82) is 0 Å². The van der Waals surface area contributed by atoms with Gasteiger partial charge in [0.05, 0.1) is 0 Å². The number of hydrogen-bond donors (Lipinski definition) is 1. The average Bonchev–Trinajstić information content (AvgIpc) is 3.44. The Morgan fingerprint density at radius 3 is 2.30 bits per heavy atom. The highest BCUT2D eigenvalue weighted by Gasteiger charge is 2.16. The molecule has 0 radical (unpaired) electrons. The van der Waals surface area contributed by atoms with E-state index in [1.807, 2.05) is 43.3 Å². The molecule has 0 unspecified atom stereocenters. The number of anilines is 1. The van der Waals surface area contributed by atoms with E-state index in [1.54, 1.807) is 12.1 Å². The number of carbonyl (C=O) groups is 1. The van der Waals surface area contributed by atoms with Gasteiger partial charge in [-0.3, -0.25) is 9.69 Å². The van der Waals surface area contributed by atoms with E-state index in [1.165, 1.54) is 5.69 Å². The number of amides is 1. The molecule has 5 rings (SSSR count). The van der Waals surface area contributed by atoms with Crippen LogP contribution in [0.2, 0.25) is 0 Å². The fourth-order valence-electron chi connectivity index (χ4n) is 4.63. The van der Waals surface area contributed by atoms with Gasteiger partial charge in [-0.1, -0.05) is 35.9 Å². The van der Waals surface area contributed by atoms with E-state index in [9.17, 15) is 4.79 Å². The second-order valence-electron chi connectivity index (χ2n) is 9.49. The van der Waals surface area contributed by atoms with Crippen LogP contribution in [0.4, 0.5) is 5.69 Å². The van der Waals surface area contributed by atoms with Gasteiger partial charge in [0.25, 0.3) is 5.91 Å². The van der Waals surface area contributed by atoms with Gasteiger partial charge in [-0.05, 0) is 74.8 Å². The zero-order valence-corrected chi connectivity index (χ0v) is 21.3. The van der Waals surface area contributed by atoms with Crippen LogP contribution in [0.3, 0.4) is 0 Å². The molecular formula is C30H33N5O2. The van der Waals surface area contributed by atoms with Gasteiger partial charge < -0.3 is 14.6 Å². The molecule has 1 N–H and O–H groups in total. The maximum atomic E-state index is 12.6. The summed E-state index contributed by atoms with van der Waals surface area (Å²) >= 11 is 0. The number of carbonyl (C=O) groups excluding carboxylic acids is 1. The number of piperazine rings is 1. The molecule has 2 heterocycles. The molecule has 4 aromatic rings. The minimum absolute atomic E-state index is 0.0611. The molecule has 1 aromatic heterocycles. The third kappa shape index (κ3) is 6.43. The van der Waals surface area contributed by atoms with E-state index in [-0.39, 0.29) is 5.91 Å². The predicted molar refractivity (Wildman–Crippen MR) is 147 cm³/mol. The molecule has 37 heavy (non-hydrogen) atoms. The number of nitrogens with one attached hydrogen (secondary N) is 1. The van der Waals surface area contributed by atoms with Crippen molar-refractivity contribution in [2.24, 2.45) is 0 Å². The molecule has 0 aliphatic carbocycles. The van der Waals surface area contributed by atoms with Gasteiger partial charge in [0.2, 0.25) is 11.8 Å². The van der Waals surface area contributed by atoms with E-state index in [0.29, 0.717) is 23.9 Å². The van der Waals surface area contributed by atoms with Gasteiger partial charge in [0.15, 0.2) is 0 Å². The summed E-state index contributed by atoms with van der Waals surface area (Å²) < 4.78 is 5.85. The summed E-state index contributed by atoms with van der Waals surface area (Å²) in [5.74, 6) is 0.862. The zero-order chi connectivity index (χ0) is 25.5. The summed E-state index contributed by atoms with van der Waals surface area (Å²) in [6.45, 7) is 8.07. The molecule has 7 nitrogen and oxygen atoms in total. The monoisotopic (exact) mass is 495 g/mol. The van der Waals surface area contributed by atoms with E-state index in [2.05, 4.69) is 55.6 Å². The Morgan fingerprint density at radius 2 is 1.57 bits per heavy atom. The van der Waals surface area contributed by atoms with Crippen LogP contribution >= 0.6 is 0 Å². The molecule has 1 saturated heterocycles. The number of para-hydroxylation sites is 1. The number of rotatable bonds is 9. The lowest BCUT2D eigenvalue weighted by Gasteiger charge is -2.36. The molecule has 1 aliphatic heterocycles. The summed E-state index contributed by atoms with van der Waals surface area (Å²) in [6.07, 6.45) is 2.04. The second-order valence-corrected chi connectivity index (χ2v) is 9.49. The summed E-state index contributed by atoms with van der Waals surface area (Å²) in [7, 11) is 0. The van der Waals surface area contributed by atoms with Crippen LogP contribution < -0.4 is 10.2 Å². The van der Waals surface area contributed by atoms with Crippen LogP contribution in [-0.4, -0.2) is 60.3 Å². The normalized spacial score (nSPS) is 14.0. The highest BCUT2D eigenvalue weighted by molar-refractivity contribution is 5.94. The average molecular weight is 496 g/mol. The Labute approximate surface area is 218 Å². The van der Waals surface area contributed by atoms with Crippen molar-refractivity contribution in [2.45, 2.75) is 19.8 Å². The lowest BCUT2D eigenvalue weighted by atomic mass is 10.1. The van der Waals surface area contributed by atoms with Crippen molar-refractivity contribution >= 4 is 11.6 Å². The van der Waals surface area contributed by atoms with Crippen molar-refractivity contribution in [3.05, 3.63) is 90.0 Å². The van der Waals surface area contributed by atoms with Crippen LogP contribution in [0.5, 0.6) is 0 Å². The molecule has 0 atom stereocenters. The van der Waals surface area contributed by atoms with Crippen LogP contribution in [0, 0.1) is 6.92 Å². The molecule has 1 amide bonds. The second kappa shape index (κ2) is 11.8. The van der Waals surface area contributed by atoms with E-state index < -0.39 is 0 Å². The third-order valence-corrected chi connectivity index (χ3v) is 6.76. The first kappa shape index (κ1) is 24.7. The Kier molecular flexibility index (Phi) is 7.91. The standard InChI is InChI=1S/C30H33N5O2/c1-23-8-7-9-26(22-23)30-33-32-29(37-30)25-14-12-24(13-15-25)28(36)31-16-5-6-17-34-18-20-35(21-19-34)27-10-3-2-4-11-27/h2-4,7-15,22H,5-6,16-21H2,1H3,(H,31,36). The molecule has 0 spiro atoms. The SMILES string of the molecule is Cc1cccc(-c2nnc(-c3ccc(C(=O)NCCCCN4CCN(c5ccccc5)CC4)cc3)o2)c1. The molecule has 7 heteroatoms. The van der Waals surface area contributed by atoms with Crippen molar-refractivity contribution in [3.8, 4) is 22.9 Å². The zero-order valence-electron chi connectivity index (χ0n) is 21.3. The van der Waals surface area contributed by atoms with Crippen LogP contribution in [0.1, 0.15) is 28.8 Å². The number of hydrogen-bond acceptors (Lipinski definition) is 6. The van der Waals surface area contributed by atoms with E-state index in [0.717, 1.165) is 62.3 Å². The van der Waals surface area contributed by atoms with Crippen molar-refractivity contribution in [1.82, 2.24) is 20.4 Å². The van der Waals surface area contributed by atoms with E-state index >= 15 is 0 Å². The fourth-order valence-corrected chi connectivity index (χ4v) is 4.63. The predicted octanol–water partition coefficient (Wildman–Crippen LogP) is 5.04. The molecule has 1 fully saturated rings. The maximum absolute atomic E-state index is 12.6. The Hall–Kier alpha value is -3.97. The van der Waals surface area contributed by atoms with Crippen LogP contribution in [0.15, 0.2) is 83.3 Å². The van der Waals surface area contributed by atoms with E-state index in [4.69, 9.17) is 4.42 Å². The number of nitrogens with zero attached hydrogens (tertiary/aromatic N) is 4. The Balaban J connectivity index is 1.03. The van der Waals surface area contributed by atoms with Gasteiger partial charge in [0, 0.05) is 55.1 Å². The van der Waals surface area contributed by atoms with Gasteiger partial charge in [-0.2, -0.15) is 0 Å². The smallest absolute Gasteiger partial charge is 0.251 e. The minimum atomic E-state index is -0.0611. The maximum Gasteiger partial charge on any atom is 0.251 e. The van der Waals surface area contributed by atoms with Crippen molar-refractivity contribution in [2.75, 3.05) is 44.2 Å². The van der Waals surface area contributed by atoms with Crippen LogP contribution in [0.25, 0.3) is 22.9 Å². The first-order valence-electron chi connectivity index (χ1n) is 13.0. The Bertz CT molecular complexity index is 1300. The summed E-state index contributed by atoms with van der Waals surface area (Å²) in [5.41, 5.74) is 4.75. The van der Waals surface area contributed by atoms with Gasteiger partial charge >= 0.3 is 0 Å². The summed E-state index contributed by atoms with van der Waals surface area (Å²) in [4.78, 5) is 17.5. The third-order valence-electron chi connectivity index (χ3n) is 6.76. The number of aryl methyl sites for hydroxylation is 1. The Morgan fingerprint density at radius 1 is 0.838 bits per heavy atom. The number of benzene rings is 3. The number of unbranched alkanes of at least 4 members (excludes halogenated alkanes) is 1. The summed E-state index contributed by atoms with van der Waals surface area (Å²) in [5, 5.41) is 11.4. The quantitative estimate of drug-likeness (QED) is 0.328. The molecule has 3 aromatic carbocycles. The first-order chi connectivity index (χ1) is 18.2. The van der Waals surface area contributed by atoms with Gasteiger partial charge in [-0.15, -0.1) is 10.2 Å². The molecule has 190 valence electrons. The first-order valence-corrected chi connectivity index (χ1v) is 13.0. The number of aromatic nitrogens is 2. The largest absolute Gasteiger partial charge is 0.416 e. The highest BCUT2D eigenvalue weighted by Crippen LogP contribution is 2.24. The highest BCUT2D eigenvalue weighted by atomic mass is 16.4. The lowest BCUT2D eigenvalue weighted by molar-refractivity contribution is 0.0952. The molecule has 0 bridgehead atoms. The molecular weight excluding hydrogens is 462 g/mol. The van der Waals surface area contributed by atoms with Crippen LogP contribution in [-0.2, 0) is 0 Å². The van der Waals surface area contributed by atoms with Gasteiger partial charge in [-0.25, -0.2) is 0 Å². The fraction of sp³-hybridized carbons (Fsp3) is 0.300. The molecule has 0 saturated carbocycles. The van der Waals surface area contributed by atoms with Gasteiger partial charge in [0.1, 0.15) is 0 Å². The van der Waals surface area contributed by atoms with Crippen molar-refractivity contribution in [3.63, 3.8) is 0 Å². The summed E-state index contributed by atoms with van der Waals surface area (Å²) in [6, 6.07) is 25.9. The lowest BCUT2D eigenvalue weighted by Crippen LogP contribution is -2.46. The topological polar surface area (TPSA) is 74.5 Å². The molecule has 1 aliphatic rings. The minimum Gasteiger partial charge on any atom is -0.416 e. The van der Waals surface area contributed by atoms with Crippen molar-refractivity contribution < 1.29 is 9.21 Å².